The van der Waals surface area contributed by atoms with Crippen molar-refractivity contribution in [1.29, 1.82) is 0 Å². The third-order valence-electron chi connectivity index (χ3n) is 2.13. The third-order valence-corrected chi connectivity index (χ3v) is 2.13. The Hall–Kier alpha value is -1.20. The van der Waals surface area contributed by atoms with E-state index in [1.54, 1.807) is 0 Å². The fourth-order valence-electron chi connectivity index (χ4n) is 1.45. The number of aliphatic hydroxyl groups excluding tert-OH is 1. The summed E-state index contributed by atoms with van der Waals surface area (Å²) in [6.07, 6.45) is 2.61. The maximum absolute atomic E-state index is 10.4. The van der Waals surface area contributed by atoms with E-state index >= 15 is 0 Å². The van der Waals surface area contributed by atoms with Gasteiger partial charge >= 0.3 is 0 Å². The van der Waals surface area contributed by atoms with E-state index in [1.807, 2.05) is 10.8 Å². The average molecular weight is 197 g/mol. The summed E-state index contributed by atoms with van der Waals surface area (Å²) in [4.78, 5) is 16.8. The molecule has 0 unspecified atom stereocenters. The van der Waals surface area contributed by atoms with Gasteiger partial charge in [-0.15, -0.1) is 0 Å². The molecule has 0 radical (unpaired) electrons. The summed E-state index contributed by atoms with van der Waals surface area (Å²) in [6.45, 7) is 2.81. The minimum Gasteiger partial charge on any atom is -0.400 e. The lowest BCUT2D eigenvalue weighted by molar-refractivity contribution is 0.111. The largest absolute Gasteiger partial charge is 0.400 e. The monoisotopic (exact) mass is 197 g/mol. The highest BCUT2D eigenvalue weighted by Gasteiger charge is 2.14. The van der Waals surface area contributed by atoms with E-state index in [1.165, 1.54) is 0 Å². The molecule has 0 saturated carbocycles. The minimum atomic E-state index is 0.542. The lowest BCUT2D eigenvalue weighted by Crippen LogP contribution is -2.30. The predicted molar refractivity (Wildman–Crippen MR) is 52.1 cm³/mol. The molecule has 1 aliphatic rings. The highest BCUT2D eigenvalue weighted by molar-refractivity contribution is 5.71. The number of carbonyl (C=O) groups is 1. The number of nitrogens with zero attached hydrogens (tertiary/aromatic N) is 3. The Bertz CT molecular complexity index is 309. The van der Waals surface area contributed by atoms with Gasteiger partial charge in [-0.3, -0.25) is 9.69 Å². The molecule has 1 aliphatic heterocycles. The van der Waals surface area contributed by atoms with Crippen LogP contribution in [0, 0.1) is 0 Å². The van der Waals surface area contributed by atoms with Crippen molar-refractivity contribution >= 4 is 6.29 Å². The van der Waals surface area contributed by atoms with Crippen molar-refractivity contribution in [3.05, 3.63) is 17.7 Å². The summed E-state index contributed by atoms with van der Waals surface area (Å²) in [5, 5.41) is 7.00. The zero-order valence-electron chi connectivity index (χ0n) is 8.47. The second kappa shape index (κ2) is 4.88. The molecule has 0 amide bonds. The fraction of sp³-hybridized carbons (Fsp3) is 0.556. The van der Waals surface area contributed by atoms with Gasteiger partial charge in [0.25, 0.3) is 0 Å². The number of hydrogen-bond acceptors (Lipinski definition) is 4. The third kappa shape index (κ3) is 2.18. The number of aldehydes is 1. The molecule has 0 aliphatic carbocycles. The first-order valence-electron chi connectivity index (χ1n) is 4.44. The topological polar surface area (TPSA) is 58.4 Å². The molecule has 1 N–H and O–H groups in total. The summed E-state index contributed by atoms with van der Waals surface area (Å²) in [5.74, 6) is 0.992. The van der Waals surface area contributed by atoms with Crippen LogP contribution >= 0.6 is 0 Å². The molecule has 78 valence electrons. The molecular weight excluding hydrogens is 182 g/mol. The van der Waals surface area contributed by atoms with E-state index in [4.69, 9.17) is 5.11 Å². The Morgan fingerprint density at radius 2 is 2.21 bits per heavy atom. The van der Waals surface area contributed by atoms with E-state index < -0.39 is 0 Å². The number of hydrogen-bond donors (Lipinski definition) is 1. The lowest BCUT2D eigenvalue weighted by Gasteiger charge is -2.22. The van der Waals surface area contributed by atoms with Crippen molar-refractivity contribution in [2.75, 3.05) is 20.7 Å². The molecule has 0 aromatic carbocycles. The molecule has 0 saturated heterocycles. The number of rotatable bonds is 1. The summed E-state index contributed by atoms with van der Waals surface area (Å²) in [7, 11) is 3.05. The Morgan fingerprint density at radius 3 is 2.86 bits per heavy atom. The van der Waals surface area contributed by atoms with Crippen LogP contribution in [0.2, 0.25) is 0 Å². The van der Waals surface area contributed by atoms with Gasteiger partial charge in [-0.1, -0.05) is 0 Å². The van der Waals surface area contributed by atoms with E-state index in [0.717, 1.165) is 38.9 Å². The summed E-state index contributed by atoms with van der Waals surface area (Å²) >= 11 is 0. The molecule has 0 fully saturated rings. The van der Waals surface area contributed by atoms with Crippen LogP contribution in [-0.2, 0) is 13.1 Å². The number of fused-ring (bicyclic) bond motifs is 1. The van der Waals surface area contributed by atoms with Crippen molar-refractivity contribution in [3.8, 4) is 0 Å². The smallest absolute Gasteiger partial charge is 0.170 e. The Balaban J connectivity index is 0.000000461. The van der Waals surface area contributed by atoms with E-state index in [-0.39, 0.29) is 0 Å². The molecular formula is C9H15N3O2. The molecule has 5 heteroatoms. The molecule has 1 aromatic rings. The SMILES string of the molecule is CN1CCn2cc(C=O)nc2C1.CO. The second-order valence-corrected chi connectivity index (χ2v) is 3.13. The number of likely N-dealkylation sites (N-methyl/N-ethyl adjacent to an activating group) is 1. The van der Waals surface area contributed by atoms with Crippen LogP contribution in [0.1, 0.15) is 16.3 Å². The standard InChI is InChI=1S/C8H11N3O.CH4O/c1-10-2-3-11-4-7(6-12)9-8(11)5-10;1-2/h4,6H,2-3,5H2,1H3;2H,1H3. The molecule has 14 heavy (non-hydrogen) atoms. The number of carbonyl (C=O) groups excluding carboxylic acids is 1. The Morgan fingerprint density at radius 1 is 1.50 bits per heavy atom. The van der Waals surface area contributed by atoms with Crippen LogP contribution in [0.3, 0.4) is 0 Å². The summed E-state index contributed by atoms with van der Waals surface area (Å²) in [6, 6.07) is 0. The van der Waals surface area contributed by atoms with Gasteiger partial charge in [-0.2, -0.15) is 0 Å². The first kappa shape index (κ1) is 10.9. The van der Waals surface area contributed by atoms with Gasteiger partial charge in [0.05, 0.1) is 6.54 Å². The van der Waals surface area contributed by atoms with Gasteiger partial charge in [0, 0.05) is 26.4 Å². The fourth-order valence-corrected chi connectivity index (χ4v) is 1.45. The highest BCUT2D eigenvalue weighted by atomic mass is 16.2. The van der Waals surface area contributed by atoms with E-state index in [9.17, 15) is 4.79 Å². The van der Waals surface area contributed by atoms with Crippen LogP contribution < -0.4 is 0 Å². The molecule has 0 bridgehead atoms. The van der Waals surface area contributed by atoms with Gasteiger partial charge in [-0.25, -0.2) is 4.98 Å². The van der Waals surface area contributed by atoms with Crippen LogP contribution in [-0.4, -0.2) is 46.5 Å². The van der Waals surface area contributed by atoms with Crippen LogP contribution in [0.25, 0.3) is 0 Å². The number of aliphatic hydroxyl groups is 1. The van der Waals surface area contributed by atoms with Gasteiger partial charge < -0.3 is 9.67 Å². The predicted octanol–water partition coefficient (Wildman–Crippen LogP) is -0.251. The molecule has 0 spiro atoms. The van der Waals surface area contributed by atoms with Crippen LogP contribution in [0.15, 0.2) is 6.20 Å². The molecule has 5 nitrogen and oxygen atoms in total. The Kier molecular flexibility index (Phi) is 3.79. The number of aromatic nitrogens is 2. The summed E-state index contributed by atoms with van der Waals surface area (Å²) < 4.78 is 2.05. The van der Waals surface area contributed by atoms with Crippen molar-refractivity contribution in [2.45, 2.75) is 13.1 Å². The lowest BCUT2D eigenvalue weighted by atomic mass is 10.4. The van der Waals surface area contributed by atoms with Gasteiger partial charge in [0.15, 0.2) is 6.29 Å². The van der Waals surface area contributed by atoms with Gasteiger partial charge in [-0.05, 0) is 7.05 Å². The molecule has 0 atom stereocenters. The molecule has 2 heterocycles. The normalized spacial score (nSPS) is 15.4. The van der Waals surface area contributed by atoms with Crippen molar-refractivity contribution in [2.24, 2.45) is 0 Å². The first-order valence-corrected chi connectivity index (χ1v) is 4.44. The minimum absolute atomic E-state index is 0.542. The van der Waals surface area contributed by atoms with Gasteiger partial charge in [0.1, 0.15) is 11.5 Å². The molecule has 1 aromatic heterocycles. The quantitative estimate of drug-likeness (QED) is 0.631. The average Bonchev–Trinajstić information content (AvgIpc) is 2.62. The number of imidazole rings is 1. The zero-order chi connectivity index (χ0) is 10.6. The van der Waals surface area contributed by atoms with Crippen LogP contribution in [0.5, 0.6) is 0 Å². The summed E-state index contributed by atoms with van der Waals surface area (Å²) in [5.41, 5.74) is 0.542. The maximum atomic E-state index is 10.4. The Labute approximate surface area is 83.0 Å². The van der Waals surface area contributed by atoms with Gasteiger partial charge in [0.2, 0.25) is 0 Å². The van der Waals surface area contributed by atoms with E-state index in [2.05, 4.69) is 16.9 Å². The van der Waals surface area contributed by atoms with Crippen molar-refractivity contribution in [1.82, 2.24) is 14.5 Å². The maximum Gasteiger partial charge on any atom is 0.170 e. The van der Waals surface area contributed by atoms with E-state index in [0.29, 0.717) is 5.69 Å². The van der Waals surface area contributed by atoms with Crippen molar-refractivity contribution < 1.29 is 9.90 Å². The second-order valence-electron chi connectivity index (χ2n) is 3.13. The molecule has 2 rings (SSSR count). The van der Waals surface area contributed by atoms with Crippen LogP contribution in [0.4, 0.5) is 0 Å². The first-order chi connectivity index (χ1) is 6.79. The highest BCUT2D eigenvalue weighted by Crippen LogP contribution is 2.09. The van der Waals surface area contributed by atoms with Crippen molar-refractivity contribution in [3.63, 3.8) is 0 Å². The zero-order valence-corrected chi connectivity index (χ0v) is 8.47.